The normalized spacial score (nSPS) is 27.8. The van der Waals surface area contributed by atoms with Crippen LogP contribution in [0.15, 0.2) is 0 Å². The van der Waals surface area contributed by atoms with Gasteiger partial charge < -0.3 is 9.64 Å². The molecule has 2 rings (SSSR count). The second-order valence-electron chi connectivity index (χ2n) is 5.74. The minimum absolute atomic E-state index is 0.112. The van der Waals surface area contributed by atoms with E-state index in [-0.39, 0.29) is 18.1 Å². The molecule has 0 aromatic heterocycles. The Balaban J connectivity index is 1.77. The molecule has 2 fully saturated rings. The Bertz CT molecular complexity index is 432. The summed E-state index contributed by atoms with van der Waals surface area (Å²) in [5.74, 6) is 0.112. The summed E-state index contributed by atoms with van der Waals surface area (Å²) in [4.78, 5) is 13.9. The zero-order chi connectivity index (χ0) is 14.6. The van der Waals surface area contributed by atoms with Gasteiger partial charge in [-0.05, 0) is 32.1 Å². The van der Waals surface area contributed by atoms with Crippen LogP contribution in [0.2, 0.25) is 0 Å². The summed E-state index contributed by atoms with van der Waals surface area (Å²) < 4.78 is 30.6. The molecule has 0 aliphatic carbocycles. The van der Waals surface area contributed by atoms with E-state index in [2.05, 4.69) is 4.72 Å². The molecule has 0 unspecified atom stereocenters. The van der Waals surface area contributed by atoms with Gasteiger partial charge in [0.1, 0.15) is 0 Å². The molecule has 2 saturated heterocycles. The van der Waals surface area contributed by atoms with Crippen molar-refractivity contribution in [3.8, 4) is 0 Å². The number of carbonyl (C=O) groups excluding carboxylic acids is 1. The Morgan fingerprint density at radius 2 is 2.15 bits per heavy atom. The van der Waals surface area contributed by atoms with Crippen molar-refractivity contribution in [2.75, 3.05) is 26.0 Å². The predicted octanol–water partition coefficient (Wildman–Crippen LogP) is 0.486. The number of carbonyl (C=O) groups is 1. The standard InChI is InChI=1S/C13H24N2O4S/c1-20(17,18)14-11-4-2-8-15(10-11)13(16)7-6-12-5-3-9-19-12/h11-12,14H,2-10H2,1H3/t11-,12+/m0/s1. The lowest BCUT2D eigenvalue weighted by Gasteiger charge is -2.33. The van der Waals surface area contributed by atoms with Gasteiger partial charge in [0.05, 0.1) is 12.4 Å². The molecule has 0 aromatic carbocycles. The van der Waals surface area contributed by atoms with Gasteiger partial charge in [-0.3, -0.25) is 4.79 Å². The van der Waals surface area contributed by atoms with Crippen molar-refractivity contribution >= 4 is 15.9 Å². The van der Waals surface area contributed by atoms with Gasteiger partial charge in [-0.2, -0.15) is 0 Å². The average molecular weight is 304 g/mol. The molecule has 2 heterocycles. The Morgan fingerprint density at radius 1 is 1.35 bits per heavy atom. The van der Waals surface area contributed by atoms with Crippen molar-refractivity contribution in [2.24, 2.45) is 0 Å². The van der Waals surface area contributed by atoms with Crippen LogP contribution in [-0.4, -0.2) is 57.3 Å². The van der Waals surface area contributed by atoms with Gasteiger partial charge in [0, 0.05) is 32.2 Å². The van der Waals surface area contributed by atoms with Crippen LogP contribution in [0.1, 0.15) is 38.5 Å². The fraction of sp³-hybridized carbons (Fsp3) is 0.923. The summed E-state index contributed by atoms with van der Waals surface area (Å²) in [6.45, 7) is 2.02. The predicted molar refractivity (Wildman–Crippen MR) is 75.8 cm³/mol. The summed E-state index contributed by atoms with van der Waals surface area (Å²) in [5.41, 5.74) is 0. The first-order valence-electron chi connectivity index (χ1n) is 7.31. The minimum atomic E-state index is -3.21. The van der Waals surface area contributed by atoms with Gasteiger partial charge in [-0.1, -0.05) is 0 Å². The fourth-order valence-electron chi connectivity index (χ4n) is 2.92. The molecule has 6 nitrogen and oxygen atoms in total. The number of ether oxygens (including phenoxy) is 1. The summed E-state index contributed by atoms with van der Waals surface area (Å²) in [6.07, 6.45) is 6.44. The number of piperidine rings is 1. The molecule has 2 aliphatic rings. The lowest BCUT2D eigenvalue weighted by molar-refractivity contribution is -0.133. The van der Waals surface area contributed by atoms with Crippen molar-refractivity contribution in [1.82, 2.24) is 9.62 Å². The van der Waals surface area contributed by atoms with Crippen LogP contribution >= 0.6 is 0 Å². The highest BCUT2D eigenvalue weighted by molar-refractivity contribution is 7.88. The zero-order valence-corrected chi connectivity index (χ0v) is 12.8. The van der Waals surface area contributed by atoms with E-state index < -0.39 is 10.0 Å². The number of nitrogens with zero attached hydrogens (tertiary/aromatic N) is 1. The second kappa shape index (κ2) is 6.87. The smallest absolute Gasteiger partial charge is 0.222 e. The maximum absolute atomic E-state index is 12.2. The molecule has 20 heavy (non-hydrogen) atoms. The minimum Gasteiger partial charge on any atom is -0.378 e. The summed E-state index contributed by atoms with van der Waals surface area (Å²) in [7, 11) is -3.21. The van der Waals surface area contributed by atoms with Gasteiger partial charge in [0.2, 0.25) is 15.9 Å². The van der Waals surface area contributed by atoms with Crippen molar-refractivity contribution in [1.29, 1.82) is 0 Å². The molecule has 7 heteroatoms. The first-order chi connectivity index (χ1) is 9.44. The van der Waals surface area contributed by atoms with Crippen molar-refractivity contribution < 1.29 is 17.9 Å². The van der Waals surface area contributed by atoms with E-state index in [0.29, 0.717) is 13.0 Å². The molecule has 2 atom stereocenters. The van der Waals surface area contributed by atoms with Crippen molar-refractivity contribution in [3.63, 3.8) is 0 Å². The van der Waals surface area contributed by atoms with Crippen LogP contribution in [0.25, 0.3) is 0 Å². The highest BCUT2D eigenvalue weighted by atomic mass is 32.2. The average Bonchev–Trinajstić information content (AvgIpc) is 2.87. The number of hydrogen-bond donors (Lipinski definition) is 1. The molecule has 0 saturated carbocycles. The number of likely N-dealkylation sites (tertiary alicyclic amines) is 1. The van der Waals surface area contributed by atoms with Crippen LogP contribution in [0.5, 0.6) is 0 Å². The summed E-state index contributed by atoms with van der Waals surface area (Å²) in [5, 5.41) is 0. The zero-order valence-electron chi connectivity index (χ0n) is 12.0. The van der Waals surface area contributed by atoms with Crippen molar-refractivity contribution in [3.05, 3.63) is 0 Å². The number of amides is 1. The van der Waals surface area contributed by atoms with Gasteiger partial charge in [0.25, 0.3) is 0 Å². The highest BCUT2D eigenvalue weighted by Gasteiger charge is 2.26. The first kappa shape index (κ1) is 15.7. The first-order valence-corrected chi connectivity index (χ1v) is 9.20. The quantitative estimate of drug-likeness (QED) is 0.802. The third-order valence-electron chi connectivity index (χ3n) is 3.86. The fourth-order valence-corrected chi connectivity index (χ4v) is 3.72. The lowest BCUT2D eigenvalue weighted by Crippen LogP contribution is -2.49. The van der Waals surface area contributed by atoms with Crippen molar-refractivity contribution in [2.45, 2.75) is 50.7 Å². The number of nitrogens with one attached hydrogen (secondary N) is 1. The van der Waals surface area contributed by atoms with Crippen LogP contribution in [0, 0.1) is 0 Å². The monoisotopic (exact) mass is 304 g/mol. The van der Waals surface area contributed by atoms with Crippen LogP contribution in [0.3, 0.4) is 0 Å². The Morgan fingerprint density at radius 3 is 2.80 bits per heavy atom. The molecule has 0 spiro atoms. The Labute approximate surface area is 120 Å². The van der Waals surface area contributed by atoms with Gasteiger partial charge >= 0.3 is 0 Å². The molecular formula is C13H24N2O4S. The highest BCUT2D eigenvalue weighted by Crippen LogP contribution is 2.18. The van der Waals surface area contributed by atoms with Gasteiger partial charge in [-0.15, -0.1) is 0 Å². The molecule has 0 bridgehead atoms. The topological polar surface area (TPSA) is 75.7 Å². The number of rotatable bonds is 5. The number of hydrogen-bond acceptors (Lipinski definition) is 4. The molecule has 116 valence electrons. The molecular weight excluding hydrogens is 280 g/mol. The summed E-state index contributed by atoms with van der Waals surface area (Å²) >= 11 is 0. The third-order valence-corrected chi connectivity index (χ3v) is 4.62. The van der Waals surface area contributed by atoms with E-state index in [9.17, 15) is 13.2 Å². The molecule has 0 aromatic rings. The van der Waals surface area contributed by atoms with Crippen LogP contribution < -0.4 is 4.72 Å². The maximum Gasteiger partial charge on any atom is 0.222 e. The van der Waals surface area contributed by atoms with Gasteiger partial charge in [-0.25, -0.2) is 13.1 Å². The summed E-state index contributed by atoms with van der Waals surface area (Å²) in [6, 6.07) is -0.148. The van der Waals surface area contributed by atoms with Crippen LogP contribution in [0.4, 0.5) is 0 Å². The van der Waals surface area contributed by atoms with Gasteiger partial charge in [0.15, 0.2) is 0 Å². The molecule has 2 aliphatic heterocycles. The van der Waals surface area contributed by atoms with Crippen LogP contribution in [-0.2, 0) is 19.6 Å². The molecule has 1 N–H and O–H groups in total. The maximum atomic E-state index is 12.2. The van der Waals surface area contributed by atoms with E-state index in [1.807, 2.05) is 0 Å². The third kappa shape index (κ3) is 5.03. The van der Waals surface area contributed by atoms with E-state index in [1.165, 1.54) is 0 Å². The van der Waals surface area contributed by atoms with E-state index in [4.69, 9.17) is 4.74 Å². The van der Waals surface area contributed by atoms with E-state index in [0.717, 1.165) is 51.5 Å². The number of sulfonamides is 1. The Hall–Kier alpha value is -0.660. The largest absolute Gasteiger partial charge is 0.378 e. The molecule has 1 amide bonds. The van der Waals surface area contributed by atoms with E-state index >= 15 is 0 Å². The second-order valence-corrected chi connectivity index (χ2v) is 7.52. The van der Waals surface area contributed by atoms with E-state index in [1.54, 1.807) is 4.90 Å². The Kier molecular flexibility index (Phi) is 5.40. The lowest BCUT2D eigenvalue weighted by atomic mass is 10.1. The SMILES string of the molecule is CS(=O)(=O)N[C@H]1CCCN(C(=O)CC[C@H]2CCCO2)C1. The molecule has 0 radical (unpaired) electrons.